The number of thioether (sulfide) groups is 1. The van der Waals surface area contributed by atoms with Gasteiger partial charge in [-0.05, 0) is 18.6 Å². The molecule has 1 aromatic heterocycles. The van der Waals surface area contributed by atoms with E-state index in [2.05, 4.69) is 37.2 Å². The minimum Gasteiger partial charge on any atom is -0.330 e. The van der Waals surface area contributed by atoms with E-state index in [9.17, 15) is 0 Å². The molecule has 1 aromatic rings. The van der Waals surface area contributed by atoms with Gasteiger partial charge in [-0.3, -0.25) is 0 Å². The van der Waals surface area contributed by atoms with Gasteiger partial charge in [-0.25, -0.2) is 4.98 Å². The zero-order chi connectivity index (χ0) is 12.1. The van der Waals surface area contributed by atoms with Crippen LogP contribution in [0.5, 0.6) is 0 Å². The van der Waals surface area contributed by atoms with E-state index in [0.29, 0.717) is 12.0 Å². The number of hydrogen-bond acceptors (Lipinski definition) is 3. The van der Waals surface area contributed by atoms with Gasteiger partial charge >= 0.3 is 0 Å². The van der Waals surface area contributed by atoms with E-state index in [0.717, 1.165) is 17.2 Å². The normalized spacial score (nSPS) is 15.4. The van der Waals surface area contributed by atoms with Crippen LogP contribution in [-0.2, 0) is 0 Å². The molecule has 3 nitrogen and oxygen atoms in total. The summed E-state index contributed by atoms with van der Waals surface area (Å²) in [5.41, 5.74) is 7.33. The Hall–Kier alpha value is -0.480. The van der Waals surface area contributed by atoms with Crippen molar-refractivity contribution in [3.05, 3.63) is 18.2 Å². The van der Waals surface area contributed by atoms with Gasteiger partial charge in [0.05, 0.1) is 12.0 Å². The second-order valence-electron chi connectivity index (χ2n) is 4.50. The van der Waals surface area contributed by atoms with Crippen LogP contribution in [0.2, 0.25) is 0 Å². The Labute approximate surface area is 103 Å². The van der Waals surface area contributed by atoms with E-state index in [1.807, 2.05) is 24.3 Å². The molecular formula is C12H23N3S. The maximum absolute atomic E-state index is 6.18. The molecule has 0 aromatic carbocycles. The molecule has 0 bridgehead atoms. The highest BCUT2D eigenvalue weighted by molar-refractivity contribution is 7.99. The summed E-state index contributed by atoms with van der Waals surface area (Å²) in [6.45, 7) is 8.70. The molecule has 0 saturated heterocycles. The average molecular weight is 241 g/mol. The third kappa shape index (κ3) is 3.25. The van der Waals surface area contributed by atoms with Crippen LogP contribution in [0.4, 0.5) is 0 Å². The Morgan fingerprint density at radius 2 is 2.12 bits per heavy atom. The largest absolute Gasteiger partial charge is 0.330 e. The Kier molecular flexibility index (Phi) is 5.35. The lowest BCUT2D eigenvalue weighted by molar-refractivity contribution is 0.462. The summed E-state index contributed by atoms with van der Waals surface area (Å²) in [5.74, 6) is 2.72. The molecule has 16 heavy (non-hydrogen) atoms. The second-order valence-corrected chi connectivity index (χ2v) is 5.82. The summed E-state index contributed by atoms with van der Waals surface area (Å²) in [6, 6.07) is 0.545. The van der Waals surface area contributed by atoms with Crippen LogP contribution in [-0.4, -0.2) is 21.1 Å². The van der Waals surface area contributed by atoms with Crippen LogP contribution < -0.4 is 5.73 Å². The fraction of sp³-hybridized carbons (Fsp3) is 0.750. The molecule has 0 aliphatic heterocycles. The lowest BCUT2D eigenvalue weighted by Gasteiger charge is -2.21. The van der Waals surface area contributed by atoms with Crippen LogP contribution in [0.1, 0.15) is 45.5 Å². The fourth-order valence-corrected chi connectivity index (χ4v) is 2.39. The van der Waals surface area contributed by atoms with Crippen LogP contribution >= 0.6 is 11.8 Å². The molecule has 1 rings (SSSR count). The summed E-state index contributed by atoms with van der Waals surface area (Å²) >= 11 is 1.95. The van der Waals surface area contributed by atoms with E-state index in [-0.39, 0.29) is 6.04 Å². The molecule has 2 unspecified atom stereocenters. The van der Waals surface area contributed by atoms with E-state index >= 15 is 0 Å². The topological polar surface area (TPSA) is 43.8 Å². The smallest absolute Gasteiger partial charge is 0.0951 e. The number of aromatic nitrogens is 2. The molecule has 0 saturated carbocycles. The second kappa shape index (κ2) is 6.30. The SMILES string of the molecule is CCSCC(C)n1cncc1C(N)C(C)C. The van der Waals surface area contributed by atoms with Crippen molar-refractivity contribution >= 4 is 11.8 Å². The molecule has 0 fully saturated rings. The van der Waals surface area contributed by atoms with Gasteiger partial charge < -0.3 is 10.3 Å². The highest BCUT2D eigenvalue weighted by Gasteiger charge is 2.17. The van der Waals surface area contributed by atoms with Gasteiger partial charge in [0, 0.05) is 24.0 Å². The van der Waals surface area contributed by atoms with Gasteiger partial charge in [0.15, 0.2) is 0 Å². The molecule has 2 atom stereocenters. The Morgan fingerprint density at radius 1 is 1.44 bits per heavy atom. The van der Waals surface area contributed by atoms with Crippen LogP contribution in [0.15, 0.2) is 12.5 Å². The molecule has 0 aliphatic rings. The molecule has 0 amide bonds. The van der Waals surface area contributed by atoms with Gasteiger partial charge in [0.2, 0.25) is 0 Å². The summed E-state index contributed by atoms with van der Waals surface area (Å²) in [4.78, 5) is 4.23. The van der Waals surface area contributed by atoms with Crippen molar-refractivity contribution < 1.29 is 0 Å². The lowest BCUT2D eigenvalue weighted by Crippen LogP contribution is -2.22. The third-order valence-corrected chi connectivity index (χ3v) is 3.92. The van der Waals surface area contributed by atoms with Crippen molar-refractivity contribution in [2.24, 2.45) is 11.7 Å². The zero-order valence-electron chi connectivity index (χ0n) is 10.7. The first-order chi connectivity index (χ1) is 7.57. The summed E-state index contributed by atoms with van der Waals surface area (Å²) in [5, 5.41) is 0. The van der Waals surface area contributed by atoms with Crippen molar-refractivity contribution in [1.82, 2.24) is 9.55 Å². The third-order valence-electron chi connectivity index (χ3n) is 2.79. The first-order valence-electron chi connectivity index (χ1n) is 5.93. The molecular weight excluding hydrogens is 218 g/mol. The lowest BCUT2D eigenvalue weighted by atomic mass is 10.0. The van der Waals surface area contributed by atoms with Crippen LogP contribution in [0, 0.1) is 5.92 Å². The van der Waals surface area contributed by atoms with Gasteiger partial charge in [-0.2, -0.15) is 11.8 Å². The first kappa shape index (κ1) is 13.6. The van der Waals surface area contributed by atoms with Crippen molar-refractivity contribution in [1.29, 1.82) is 0 Å². The van der Waals surface area contributed by atoms with Gasteiger partial charge in [0.1, 0.15) is 0 Å². The van der Waals surface area contributed by atoms with Crippen molar-refractivity contribution in [2.75, 3.05) is 11.5 Å². The zero-order valence-corrected chi connectivity index (χ0v) is 11.5. The standard InChI is InChI=1S/C12H23N3S/c1-5-16-7-10(4)15-8-14-6-11(15)12(13)9(2)3/h6,8-10,12H,5,7,13H2,1-4H3. The molecule has 0 spiro atoms. The number of hydrogen-bond donors (Lipinski definition) is 1. The van der Waals surface area contributed by atoms with E-state index in [1.165, 1.54) is 0 Å². The van der Waals surface area contributed by atoms with Gasteiger partial charge in [-0.1, -0.05) is 20.8 Å². The first-order valence-corrected chi connectivity index (χ1v) is 7.08. The summed E-state index contributed by atoms with van der Waals surface area (Å²) in [6.07, 6.45) is 3.80. The van der Waals surface area contributed by atoms with Crippen LogP contribution in [0.25, 0.3) is 0 Å². The molecule has 92 valence electrons. The molecule has 0 radical (unpaired) electrons. The maximum Gasteiger partial charge on any atom is 0.0951 e. The number of imidazole rings is 1. The van der Waals surface area contributed by atoms with Gasteiger partial charge in [0.25, 0.3) is 0 Å². The quantitative estimate of drug-likeness (QED) is 0.833. The molecule has 4 heteroatoms. The highest BCUT2D eigenvalue weighted by atomic mass is 32.2. The van der Waals surface area contributed by atoms with Gasteiger partial charge in [-0.15, -0.1) is 0 Å². The minimum atomic E-state index is 0.0802. The minimum absolute atomic E-state index is 0.0802. The number of rotatable bonds is 6. The number of nitrogens with zero attached hydrogens (tertiary/aromatic N) is 2. The van der Waals surface area contributed by atoms with Crippen molar-refractivity contribution in [2.45, 2.75) is 39.8 Å². The fourth-order valence-electron chi connectivity index (χ4n) is 1.65. The Balaban J connectivity index is 2.77. The predicted octanol–water partition coefficient (Wildman–Crippen LogP) is 2.85. The van der Waals surface area contributed by atoms with E-state index in [4.69, 9.17) is 5.73 Å². The Bertz CT molecular complexity index is 309. The Morgan fingerprint density at radius 3 is 2.69 bits per heavy atom. The maximum atomic E-state index is 6.18. The molecule has 1 heterocycles. The average Bonchev–Trinajstić information content (AvgIpc) is 2.73. The van der Waals surface area contributed by atoms with Crippen molar-refractivity contribution in [3.8, 4) is 0 Å². The van der Waals surface area contributed by atoms with Crippen LogP contribution in [0.3, 0.4) is 0 Å². The number of nitrogens with two attached hydrogens (primary N) is 1. The highest BCUT2D eigenvalue weighted by Crippen LogP contribution is 2.23. The predicted molar refractivity (Wildman–Crippen MR) is 71.7 cm³/mol. The van der Waals surface area contributed by atoms with Crippen molar-refractivity contribution in [3.63, 3.8) is 0 Å². The monoisotopic (exact) mass is 241 g/mol. The van der Waals surface area contributed by atoms with E-state index in [1.54, 1.807) is 0 Å². The molecule has 0 aliphatic carbocycles. The molecule has 2 N–H and O–H groups in total. The summed E-state index contributed by atoms with van der Waals surface area (Å²) in [7, 11) is 0. The summed E-state index contributed by atoms with van der Waals surface area (Å²) < 4.78 is 2.22. The van der Waals surface area contributed by atoms with E-state index < -0.39 is 0 Å².